The second-order valence-corrected chi connectivity index (χ2v) is 11.6. The molecule has 2 aliphatic carbocycles. The van der Waals surface area contributed by atoms with Crippen LogP contribution in [-0.4, -0.2) is 57.2 Å². The predicted molar refractivity (Wildman–Crippen MR) is 166 cm³/mol. The van der Waals surface area contributed by atoms with Gasteiger partial charge in [-0.05, 0) is 98.0 Å². The van der Waals surface area contributed by atoms with Crippen molar-refractivity contribution in [2.45, 2.75) is 65.1 Å². The summed E-state index contributed by atoms with van der Waals surface area (Å²) in [6.45, 7) is 5.91. The second-order valence-electron chi connectivity index (χ2n) is 11.6. The molecule has 0 unspecified atom stereocenters. The van der Waals surface area contributed by atoms with Gasteiger partial charge in [-0.2, -0.15) is 5.10 Å². The van der Waals surface area contributed by atoms with Crippen LogP contribution in [0.1, 0.15) is 112 Å². The largest absolute Gasteiger partial charge is 0.478 e. The smallest absolute Gasteiger partial charge is 0.343 e. The molecule has 0 aliphatic heterocycles. The summed E-state index contributed by atoms with van der Waals surface area (Å²) in [6.07, 6.45) is 4.28. The summed E-state index contributed by atoms with van der Waals surface area (Å²) in [5.41, 5.74) is 7.57. The van der Waals surface area contributed by atoms with Gasteiger partial charge in [0.1, 0.15) is 11.3 Å². The standard InChI is InChI=1S/C34H35N5O7/c1-5-46-34(44)26-16-36-39-19(15-35-27-12-10-20-17(2)22(32(41)42)6-8-24(20)27)14-29(37-30(26)39)31(40)38-28-13-11-21-18(3)23(33(43)45-4)7-9-25(21)28/h6-9,14,16,27-28,35H,5,10-13,15H2,1-4H3,(H,38,40)(H,41,42)/t27-,28+/m0/s1. The van der Waals surface area contributed by atoms with Gasteiger partial charge in [-0.15, -0.1) is 0 Å². The third-order valence-corrected chi connectivity index (χ3v) is 9.13. The predicted octanol–water partition coefficient (Wildman–Crippen LogP) is 4.20. The van der Waals surface area contributed by atoms with Crippen molar-refractivity contribution in [3.63, 3.8) is 0 Å². The van der Waals surface area contributed by atoms with E-state index in [1.807, 2.05) is 26.0 Å². The quantitative estimate of drug-likeness (QED) is 0.230. The zero-order valence-electron chi connectivity index (χ0n) is 26.1. The summed E-state index contributed by atoms with van der Waals surface area (Å²) in [5, 5.41) is 20.6. The molecule has 0 fully saturated rings. The molecule has 1 amide bonds. The van der Waals surface area contributed by atoms with E-state index in [9.17, 15) is 24.3 Å². The molecule has 46 heavy (non-hydrogen) atoms. The van der Waals surface area contributed by atoms with Gasteiger partial charge in [0.25, 0.3) is 5.91 Å². The van der Waals surface area contributed by atoms with Crippen LogP contribution in [0.3, 0.4) is 0 Å². The number of carbonyl (C=O) groups excluding carboxylic acids is 3. The Morgan fingerprint density at radius 2 is 1.59 bits per heavy atom. The first-order valence-corrected chi connectivity index (χ1v) is 15.3. The molecule has 2 atom stereocenters. The summed E-state index contributed by atoms with van der Waals surface area (Å²) in [6, 6.07) is 8.42. The Morgan fingerprint density at radius 1 is 0.935 bits per heavy atom. The summed E-state index contributed by atoms with van der Waals surface area (Å²) < 4.78 is 11.7. The van der Waals surface area contributed by atoms with E-state index in [2.05, 4.69) is 20.7 Å². The zero-order valence-corrected chi connectivity index (χ0v) is 26.1. The summed E-state index contributed by atoms with van der Waals surface area (Å²) >= 11 is 0. The molecule has 2 heterocycles. The number of carboxylic acid groups (broad SMARTS) is 1. The number of aromatic nitrogens is 3. The van der Waals surface area contributed by atoms with Crippen molar-refractivity contribution in [1.29, 1.82) is 0 Å². The lowest BCUT2D eigenvalue weighted by Crippen LogP contribution is -2.29. The highest BCUT2D eigenvalue weighted by Crippen LogP contribution is 2.36. The summed E-state index contributed by atoms with van der Waals surface area (Å²) in [5.74, 6) is -2.33. The van der Waals surface area contributed by atoms with E-state index in [4.69, 9.17) is 9.47 Å². The number of esters is 2. The molecule has 0 spiro atoms. The maximum absolute atomic E-state index is 13.7. The average Bonchev–Trinajstić information content (AvgIpc) is 3.77. The molecular formula is C34H35N5O7. The molecule has 12 heteroatoms. The minimum atomic E-state index is -0.944. The zero-order chi connectivity index (χ0) is 32.7. The first-order valence-electron chi connectivity index (χ1n) is 15.3. The van der Waals surface area contributed by atoms with Crippen molar-refractivity contribution >= 4 is 29.5 Å². The van der Waals surface area contributed by atoms with Crippen LogP contribution < -0.4 is 10.6 Å². The van der Waals surface area contributed by atoms with Crippen LogP contribution in [-0.2, 0) is 28.9 Å². The van der Waals surface area contributed by atoms with Crippen molar-refractivity contribution in [2.75, 3.05) is 13.7 Å². The highest BCUT2D eigenvalue weighted by atomic mass is 16.5. The Morgan fingerprint density at radius 3 is 2.26 bits per heavy atom. The molecule has 0 radical (unpaired) electrons. The average molecular weight is 626 g/mol. The maximum atomic E-state index is 13.7. The van der Waals surface area contributed by atoms with Crippen LogP contribution in [0, 0.1) is 13.8 Å². The molecule has 2 aromatic carbocycles. The topological polar surface area (TPSA) is 161 Å². The SMILES string of the molecule is CCOC(=O)c1cnn2c(CN[C@H]3CCc4c3ccc(C(=O)O)c4C)cc(C(=O)N[C@@H]3CCc4c3ccc(C(=O)OC)c4C)nc12. The van der Waals surface area contributed by atoms with Gasteiger partial charge < -0.3 is 25.2 Å². The van der Waals surface area contributed by atoms with Crippen molar-refractivity contribution in [3.8, 4) is 0 Å². The van der Waals surface area contributed by atoms with Gasteiger partial charge in [0.15, 0.2) is 5.65 Å². The number of nitrogens with one attached hydrogen (secondary N) is 2. The minimum absolute atomic E-state index is 0.0368. The number of benzene rings is 2. The fourth-order valence-electron chi connectivity index (χ4n) is 6.77. The summed E-state index contributed by atoms with van der Waals surface area (Å²) in [4.78, 5) is 54.9. The lowest BCUT2D eigenvalue weighted by Gasteiger charge is -2.18. The first-order chi connectivity index (χ1) is 22.1. The Hall–Kier alpha value is -5.10. The van der Waals surface area contributed by atoms with E-state index in [1.54, 1.807) is 25.1 Å². The van der Waals surface area contributed by atoms with Gasteiger partial charge in [-0.3, -0.25) is 4.79 Å². The normalized spacial score (nSPS) is 16.6. The van der Waals surface area contributed by atoms with Crippen LogP contribution in [0.2, 0.25) is 0 Å². The number of nitrogens with zero attached hydrogens (tertiary/aromatic N) is 3. The Kier molecular flexibility index (Phi) is 8.30. The van der Waals surface area contributed by atoms with Gasteiger partial charge in [0.05, 0.1) is 42.8 Å². The molecule has 0 saturated heterocycles. The lowest BCUT2D eigenvalue weighted by molar-refractivity contribution is 0.0526. The maximum Gasteiger partial charge on any atom is 0.343 e. The van der Waals surface area contributed by atoms with Crippen LogP contribution >= 0.6 is 0 Å². The van der Waals surface area contributed by atoms with Gasteiger partial charge >= 0.3 is 17.9 Å². The Bertz CT molecular complexity index is 1910. The molecule has 2 aliphatic rings. The lowest BCUT2D eigenvalue weighted by atomic mass is 9.98. The number of carbonyl (C=O) groups is 4. The third-order valence-electron chi connectivity index (χ3n) is 9.13. The molecule has 0 bridgehead atoms. The van der Waals surface area contributed by atoms with Crippen molar-refractivity contribution in [3.05, 3.63) is 98.0 Å². The Balaban J connectivity index is 1.29. The number of ether oxygens (including phenoxy) is 2. The van der Waals surface area contributed by atoms with Crippen molar-refractivity contribution in [2.24, 2.45) is 0 Å². The van der Waals surface area contributed by atoms with Gasteiger partial charge in [-0.1, -0.05) is 12.1 Å². The fourth-order valence-corrected chi connectivity index (χ4v) is 6.77. The molecule has 2 aromatic heterocycles. The van der Waals surface area contributed by atoms with Crippen molar-refractivity contribution in [1.82, 2.24) is 25.2 Å². The molecule has 6 rings (SSSR count). The molecular weight excluding hydrogens is 590 g/mol. The van der Waals surface area contributed by atoms with Crippen molar-refractivity contribution < 1.29 is 33.8 Å². The van der Waals surface area contributed by atoms with Crippen LogP contribution in [0.15, 0.2) is 36.5 Å². The first kappa shape index (κ1) is 30.9. The highest BCUT2D eigenvalue weighted by molar-refractivity contribution is 5.98. The van der Waals surface area contributed by atoms with E-state index >= 15 is 0 Å². The van der Waals surface area contributed by atoms with E-state index in [0.717, 1.165) is 46.2 Å². The van der Waals surface area contributed by atoms with Crippen LogP contribution in [0.4, 0.5) is 0 Å². The van der Waals surface area contributed by atoms with Crippen LogP contribution in [0.5, 0.6) is 0 Å². The number of fused-ring (bicyclic) bond motifs is 3. The molecule has 12 nitrogen and oxygen atoms in total. The summed E-state index contributed by atoms with van der Waals surface area (Å²) in [7, 11) is 1.35. The number of hydrogen-bond donors (Lipinski definition) is 3. The minimum Gasteiger partial charge on any atom is -0.478 e. The Labute approximate surface area is 265 Å². The molecule has 0 saturated carbocycles. The number of amides is 1. The molecule has 4 aromatic rings. The number of aromatic carboxylic acids is 1. The van der Waals surface area contributed by atoms with E-state index in [-0.39, 0.29) is 35.6 Å². The monoisotopic (exact) mass is 625 g/mol. The van der Waals surface area contributed by atoms with E-state index in [0.29, 0.717) is 36.2 Å². The van der Waals surface area contributed by atoms with Gasteiger partial charge in [0, 0.05) is 12.6 Å². The van der Waals surface area contributed by atoms with Gasteiger partial charge in [-0.25, -0.2) is 23.9 Å². The number of rotatable bonds is 9. The second kappa shape index (κ2) is 12.4. The highest BCUT2D eigenvalue weighted by Gasteiger charge is 2.30. The number of carboxylic acids is 1. The molecule has 238 valence electrons. The number of methoxy groups -OCH3 is 1. The van der Waals surface area contributed by atoms with E-state index < -0.39 is 23.8 Å². The van der Waals surface area contributed by atoms with E-state index in [1.165, 1.54) is 17.8 Å². The third kappa shape index (κ3) is 5.38. The fraction of sp³-hybridized carbons (Fsp3) is 0.353. The molecule has 3 N–H and O–H groups in total. The number of hydrogen-bond acceptors (Lipinski definition) is 9. The van der Waals surface area contributed by atoms with Gasteiger partial charge in [0.2, 0.25) is 0 Å². The van der Waals surface area contributed by atoms with Crippen LogP contribution in [0.25, 0.3) is 5.65 Å².